The van der Waals surface area contributed by atoms with Crippen LogP contribution in [0.3, 0.4) is 0 Å². The molecule has 2 aliphatic carbocycles. The maximum Gasteiger partial charge on any atom is 0.343 e. The first-order valence-electron chi connectivity index (χ1n) is 13.3. The first kappa shape index (κ1) is 27.0. The first-order chi connectivity index (χ1) is 18.5. The highest BCUT2D eigenvalue weighted by molar-refractivity contribution is 5.93. The number of benzene rings is 1. The van der Waals surface area contributed by atoms with Crippen LogP contribution in [0.1, 0.15) is 81.0 Å². The zero-order valence-electron chi connectivity index (χ0n) is 22.7. The number of carbonyl (C=O) groups excluding carboxylic acids is 2. The van der Waals surface area contributed by atoms with E-state index >= 15 is 4.39 Å². The molecular formula is C30H33FN2O6. The molecule has 3 aromatic rings. The Hall–Kier alpha value is -3.59. The fourth-order valence-electron chi connectivity index (χ4n) is 5.02. The van der Waals surface area contributed by atoms with E-state index in [2.05, 4.69) is 4.98 Å². The Kier molecular flexibility index (Phi) is 7.05. The Labute approximate surface area is 226 Å². The Balaban J connectivity index is 1.55. The highest BCUT2D eigenvalue weighted by Gasteiger charge is 2.56. The number of halogens is 1. The molecule has 2 aromatic heterocycles. The Morgan fingerprint density at radius 1 is 1.15 bits per heavy atom. The van der Waals surface area contributed by atoms with Gasteiger partial charge in [0, 0.05) is 12.2 Å². The molecule has 0 saturated heterocycles. The number of rotatable bonds is 8. The molecule has 2 aliphatic rings. The van der Waals surface area contributed by atoms with Crippen LogP contribution in [0.4, 0.5) is 4.39 Å². The lowest BCUT2D eigenvalue weighted by Crippen LogP contribution is -2.54. The van der Waals surface area contributed by atoms with Crippen LogP contribution in [0.15, 0.2) is 47.4 Å². The molecule has 0 aliphatic heterocycles. The standard InChI is InChI=1S/C30H33FN2O6/c1-5-37-27(35)22-16-33(19-11-12-19)26-21(24(22)34)13-23(31)25(32-26)30(28(36)39-29(2,3)4)14-20(15-30)38-17-18-9-7-6-8-10-18/h6-10,13,16,19-20H,5,11-12,14-15,17H2,1-4H3. The van der Waals surface area contributed by atoms with Gasteiger partial charge in [0.15, 0.2) is 0 Å². The van der Waals surface area contributed by atoms with Gasteiger partial charge in [-0.1, -0.05) is 30.3 Å². The molecule has 0 N–H and O–H groups in total. The van der Waals surface area contributed by atoms with E-state index in [1.54, 1.807) is 32.3 Å². The third-order valence-corrected chi connectivity index (χ3v) is 7.12. The molecule has 0 bridgehead atoms. The lowest BCUT2D eigenvalue weighted by Gasteiger charge is -2.45. The highest BCUT2D eigenvalue weighted by Crippen LogP contribution is 2.48. The van der Waals surface area contributed by atoms with Crippen LogP contribution in [0.5, 0.6) is 0 Å². The number of pyridine rings is 2. The fraction of sp³-hybridized carbons (Fsp3) is 0.467. The van der Waals surface area contributed by atoms with Gasteiger partial charge in [0.25, 0.3) is 0 Å². The van der Waals surface area contributed by atoms with Crippen molar-refractivity contribution in [3.63, 3.8) is 0 Å². The van der Waals surface area contributed by atoms with E-state index in [9.17, 15) is 14.4 Å². The molecule has 0 amide bonds. The van der Waals surface area contributed by atoms with Crippen molar-refractivity contribution in [3.05, 3.63) is 75.5 Å². The molecule has 1 aromatic carbocycles. The maximum absolute atomic E-state index is 15.8. The fourth-order valence-corrected chi connectivity index (χ4v) is 5.02. The molecule has 0 atom stereocenters. The predicted octanol–water partition coefficient (Wildman–Crippen LogP) is 5.01. The van der Waals surface area contributed by atoms with Crippen LogP contribution >= 0.6 is 0 Å². The van der Waals surface area contributed by atoms with Crippen LogP contribution in [0.2, 0.25) is 0 Å². The minimum atomic E-state index is -1.36. The van der Waals surface area contributed by atoms with Crippen molar-refractivity contribution >= 4 is 23.0 Å². The highest BCUT2D eigenvalue weighted by atomic mass is 19.1. The number of aromatic nitrogens is 2. The summed E-state index contributed by atoms with van der Waals surface area (Å²) in [6.07, 6.45) is 3.20. The number of hydrogen-bond donors (Lipinski definition) is 0. The summed E-state index contributed by atoms with van der Waals surface area (Å²) in [6, 6.07) is 10.8. The first-order valence-corrected chi connectivity index (χ1v) is 13.3. The largest absolute Gasteiger partial charge is 0.462 e. The molecule has 206 valence electrons. The normalized spacial score (nSPS) is 20.9. The second-order valence-electron chi connectivity index (χ2n) is 11.3. The average molecular weight is 537 g/mol. The van der Waals surface area contributed by atoms with Crippen molar-refractivity contribution in [1.82, 2.24) is 9.55 Å². The van der Waals surface area contributed by atoms with Crippen molar-refractivity contribution in [3.8, 4) is 0 Å². The van der Waals surface area contributed by atoms with Gasteiger partial charge in [-0.3, -0.25) is 9.59 Å². The third kappa shape index (κ3) is 5.32. The third-order valence-electron chi connectivity index (χ3n) is 7.12. The van der Waals surface area contributed by atoms with E-state index in [1.807, 2.05) is 30.3 Å². The Bertz CT molecular complexity index is 1470. The van der Waals surface area contributed by atoms with Crippen molar-refractivity contribution in [2.45, 2.75) is 83.1 Å². The van der Waals surface area contributed by atoms with Crippen molar-refractivity contribution in [1.29, 1.82) is 0 Å². The van der Waals surface area contributed by atoms with Crippen LogP contribution in [-0.2, 0) is 31.0 Å². The summed E-state index contributed by atoms with van der Waals surface area (Å²) in [5.41, 5.74) is -1.81. The minimum absolute atomic E-state index is 0.0212. The molecule has 5 rings (SSSR count). The van der Waals surface area contributed by atoms with Crippen molar-refractivity contribution < 1.29 is 28.2 Å². The molecule has 0 spiro atoms. The second kappa shape index (κ2) is 10.2. The molecule has 2 heterocycles. The van der Waals surface area contributed by atoms with Gasteiger partial charge in [0.05, 0.1) is 30.4 Å². The minimum Gasteiger partial charge on any atom is -0.462 e. The van der Waals surface area contributed by atoms with Crippen LogP contribution < -0.4 is 5.43 Å². The predicted molar refractivity (Wildman–Crippen MR) is 142 cm³/mol. The molecule has 0 radical (unpaired) electrons. The van der Waals surface area contributed by atoms with Gasteiger partial charge < -0.3 is 18.8 Å². The smallest absolute Gasteiger partial charge is 0.343 e. The summed E-state index contributed by atoms with van der Waals surface area (Å²) in [4.78, 5) is 43.9. The van der Waals surface area contributed by atoms with Crippen LogP contribution in [0.25, 0.3) is 11.0 Å². The van der Waals surface area contributed by atoms with Gasteiger partial charge in [-0.05, 0) is 65.0 Å². The van der Waals surface area contributed by atoms with Gasteiger partial charge in [0.1, 0.15) is 28.0 Å². The summed E-state index contributed by atoms with van der Waals surface area (Å²) in [5, 5.41) is -0.0238. The van der Waals surface area contributed by atoms with Crippen LogP contribution in [0, 0.1) is 5.82 Å². The molecule has 8 nitrogen and oxygen atoms in total. The number of carbonyl (C=O) groups is 2. The topological polar surface area (TPSA) is 96.7 Å². The van der Waals surface area contributed by atoms with Gasteiger partial charge in [-0.25, -0.2) is 14.2 Å². The van der Waals surface area contributed by atoms with E-state index in [-0.39, 0.29) is 53.9 Å². The lowest BCUT2D eigenvalue weighted by molar-refractivity contribution is -0.175. The van der Waals surface area contributed by atoms with E-state index in [0.717, 1.165) is 24.5 Å². The molecule has 2 saturated carbocycles. The zero-order chi connectivity index (χ0) is 27.9. The van der Waals surface area contributed by atoms with Gasteiger partial charge in [0.2, 0.25) is 5.43 Å². The van der Waals surface area contributed by atoms with E-state index in [1.165, 1.54) is 6.20 Å². The zero-order valence-corrected chi connectivity index (χ0v) is 22.7. The second-order valence-corrected chi connectivity index (χ2v) is 11.3. The number of nitrogens with zero attached hydrogens (tertiary/aromatic N) is 2. The Morgan fingerprint density at radius 2 is 1.85 bits per heavy atom. The van der Waals surface area contributed by atoms with Crippen molar-refractivity contribution in [2.75, 3.05) is 6.61 Å². The Morgan fingerprint density at radius 3 is 2.46 bits per heavy atom. The molecule has 0 unspecified atom stereocenters. The summed E-state index contributed by atoms with van der Waals surface area (Å²) in [6.45, 7) is 7.39. The van der Waals surface area contributed by atoms with Gasteiger partial charge in [-0.2, -0.15) is 0 Å². The molecular weight excluding hydrogens is 503 g/mol. The molecule has 39 heavy (non-hydrogen) atoms. The SMILES string of the molecule is CCOC(=O)c1cn(C2CC2)c2nc(C3(C(=O)OC(C)(C)C)CC(OCc4ccccc4)C3)c(F)cc2c1=O. The number of fused-ring (bicyclic) bond motifs is 1. The maximum atomic E-state index is 15.8. The molecule has 9 heteroatoms. The van der Waals surface area contributed by atoms with E-state index in [0.29, 0.717) is 6.61 Å². The summed E-state index contributed by atoms with van der Waals surface area (Å²) >= 11 is 0. The van der Waals surface area contributed by atoms with Crippen LogP contribution in [-0.4, -0.2) is 39.8 Å². The number of esters is 2. The lowest BCUT2D eigenvalue weighted by atomic mass is 9.64. The summed E-state index contributed by atoms with van der Waals surface area (Å²) < 4.78 is 34.4. The van der Waals surface area contributed by atoms with E-state index < -0.39 is 34.2 Å². The molecule has 2 fully saturated rings. The van der Waals surface area contributed by atoms with Gasteiger partial charge in [-0.15, -0.1) is 0 Å². The number of ether oxygens (including phenoxy) is 3. The monoisotopic (exact) mass is 536 g/mol. The van der Waals surface area contributed by atoms with Gasteiger partial charge >= 0.3 is 11.9 Å². The van der Waals surface area contributed by atoms with Crippen molar-refractivity contribution in [2.24, 2.45) is 0 Å². The quantitative estimate of drug-likeness (QED) is 0.374. The summed E-state index contributed by atoms with van der Waals surface area (Å²) in [7, 11) is 0. The number of hydrogen-bond acceptors (Lipinski definition) is 7. The average Bonchev–Trinajstić information content (AvgIpc) is 3.69. The summed E-state index contributed by atoms with van der Waals surface area (Å²) in [5.74, 6) is -2.13. The van der Waals surface area contributed by atoms with E-state index in [4.69, 9.17) is 14.2 Å².